The van der Waals surface area contributed by atoms with Crippen LogP contribution >= 0.6 is 12.4 Å². The summed E-state index contributed by atoms with van der Waals surface area (Å²) < 4.78 is 13.3. The second-order valence-electron chi connectivity index (χ2n) is 9.22. The van der Waals surface area contributed by atoms with Crippen molar-refractivity contribution < 1.29 is 14.3 Å². The van der Waals surface area contributed by atoms with Crippen molar-refractivity contribution in [1.29, 1.82) is 5.26 Å². The van der Waals surface area contributed by atoms with Crippen LogP contribution in [0.15, 0.2) is 54.6 Å². The highest BCUT2D eigenvalue weighted by atomic mass is 35.5. The summed E-state index contributed by atoms with van der Waals surface area (Å²) in [5.41, 5.74) is 0.381. The van der Waals surface area contributed by atoms with Crippen LogP contribution in [-0.4, -0.2) is 35.1 Å². The van der Waals surface area contributed by atoms with E-state index in [1.807, 2.05) is 37.3 Å². The van der Waals surface area contributed by atoms with Crippen LogP contribution in [0.25, 0.3) is 0 Å². The third kappa shape index (κ3) is 4.14. The number of benzene rings is 2. The van der Waals surface area contributed by atoms with E-state index in [0.717, 1.165) is 49.9 Å². The van der Waals surface area contributed by atoms with Gasteiger partial charge < -0.3 is 10.0 Å². The second-order valence-corrected chi connectivity index (χ2v) is 9.22. The van der Waals surface area contributed by atoms with Gasteiger partial charge in [-0.3, -0.25) is 4.79 Å². The number of carbonyl (C=O) groups is 1. The summed E-state index contributed by atoms with van der Waals surface area (Å²) in [5, 5.41) is 20.1. The highest BCUT2D eigenvalue weighted by Crippen LogP contribution is 2.44. The Kier molecular flexibility index (Phi) is 7.27. The van der Waals surface area contributed by atoms with Crippen molar-refractivity contribution in [2.75, 3.05) is 13.1 Å². The molecule has 6 heteroatoms. The number of piperidine rings is 1. The van der Waals surface area contributed by atoms with Gasteiger partial charge in [-0.05, 0) is 67.8 Å². The van der Waals surface area contributed by atoms with Crippen LogP contribution in [0.3, 0.4) is 0 Å². The summed E-state index contributed by atoms with van der Waals surface area (Å²) in [6, 6.07) is 18.8. The van der Waals surface area contributed by atoms with Gasteiger partial charge in [0.15, 0.2) is 0 Å². The molecule has 2 aromatic rings. The smallest absolute Gasteiger partial charge is 0.314 e. The fraction of sp³-hybridized carbons (Fsp3) is 0.462. The fourth-order valence-electron chi connectivity index (χ4n) is 5.80. The molecule has 4 rings (SSSR count). The molecule has 32 heavy (non-hydrogen) atoms. The third-order valence-electron chi connectivity index (χ3n) is 7.75. The Hall–Kier alpha value is -2.42. The minimum atomic E-state index is -0.850. The molecule has 2 fully saturated rings. The zero-order chi connectivity index (χ0) is 22.1. The first-order valence-corrected chi connectivity index (χ1v) is 11.1. The van der Waals surface area contributed by atoms with Crippen molar-refractivity contribution in [3.63, 3.8) is 0 Å². The second kappa shape index (κ2) is 9.60. The van der Waals surface area contributed by atoms with E-state index in [-0.39, 0.29) is 24.1 Å². The Balaban J connectivity index is 0.00000289. The molecular weight excluding hydrogens is 427 g/mol. The molecule has 2 atom stereocenters. The number of rotatable bonds is 4. The Labute approximate surface area is 195 Å². The molecule has 1 N–H and O–H groups in total. The SMILES string of the molecule is C[C@@H]1CN(C2CCC(C#N)(c3ccc(F)cc3)CC2)CC[C@@]1(C(=O)O)c1ccccc1.Cl. The molecule has 4 nitrogen and oxygen atoms in total. The lowest BCUT2D eigenvalue weighted by Crippen LogP contribution is -2.56. The van der Waals surface area contributed by atoms with E-state index in [9.17, 15) is 19.6 Å². The van der Waals surface area contributed by atoms with E-state index in [0.29, 0.717) is 12.5 Å². The minimum absolute atomic E-state index is 0. The Morgan fingerprint density at radius 3 is 2.22 bits per heavy atom. The van der Waals surface area contributed by atoms with Gasteiger partial charge in [0.2, 0.25) is 0 Å². The van der Waals surface area contributed by atoms with Gasteiger partial charge in [0, 0.05) is 12.6 Å². The number of nitrogens with zero attached hydrogens (tertiary/aromatic N) is 2. The number of carboxylic acid groups (broad SMARTS) is 1. The van der Waals surface area contributed by atoms with Crippen LogP contribution in [-0.2, 0) is 15.6 Å². The van der Waals surface area contributed by atoms with E-state index in [1.54, 1.807) is 12.1 Å². The molecule has 1 heterocycles. The summed E-state index contributed by atoms with van der Waals surface area (Å²) in [4.78, 5) is 14.8. The predicted octanol–water partition coefficient (Wildman–Crippen LogP) is 5.32. The zero-order valence-electron chi connectivity index (χ0n) is 18.3. The quantitative estimate of drug-likeness (QED) is 0.676. The highest BCUT2D eigenvalue weighted by Gasteiger charge is 2.50. The molecule has 1 saturated carbocycles. The van der Waals surface area contributed by atoms with E-state index >= 15 is 0 Å². The normalized spacial score (nSPS) is 30.7. The van der Waals surface area contributed by atoms with Crippen LogP contribution in [0, 0.1) is 23.1 Å². The van der Waals surface area contributed by atoms with Gasteiger partial charge in [-0.2, -0.15) is 5.26 Å². The summed E-state index contributed by atoms with van der Waals surface area (Å²) in [5.74, 6) is -1.04. The van der Waals surface area contributed by atoms with Gasteiger partial charge in [0.25, 0.3) is 0 Å². The zero-order valence-corrected chi connectivity index (χ0v) is 19.2. The number of hydrogen-bond donors (Lipinski definition) is 1. The molecule has 0 aromatic heterocycles. The maximum absolute atomic E-state index is 13.3. The lowest BCUT2D eigenvalue weighted by Gasteiger charge is -2.48. The minimum Gasteiger partial charge on any atom is -0.481 e. The number of hydrogen-bond acceptors (Lipinski definition) is 3. The molecule has 0 unspecified atom stereocenters. The topological polar surface area (TPSA) is 64.3 Å². The molecule has 0 bridgehead atoms. The first-order valence-electron chi connectivity index (χ1n) is 11.1. The Morgan fingerprint density at radius 2 is 1.69 bits per heavy atom. The fourth-order valence-corrected chi connectivity index (χ4v) is 5.80. The number of halogens is 2. The third-order valence-corrected chi connectivity index (χ3v) is 7.75. The van der Waals surface area contributed by atoms with Crippen LogP contribution < -0.4 is 0 Å². The van der Waals surface area contributed by atoms with E-state index in [1.165, 1.54) is 12.1 Å². The van der Waals surface area contributed by atoms with Gasteiger partial charge in [0.05, 0.1) is 16.9 Å². The van der Waals surface area contributed by atoms with Crippen molar-refractivity contribution in [3.05, 3.63) is 71.5 Å². The lowest BCUT2D eigenvalue weighted by molar-refractivity contribution is -0.149. The Bertz CT molecular complexity index is 968. The molecule has 0 amide bonds. The molecule has 1 aliphatic heterocycles. The number of carboxylic acids is 1. The molecular formula is C26H30ClFN2O2. The van der Waals surface area contributed by atoms with Crippen LogP contribution in [0.2, 0.25) is 0 Å². The molecule has 1 aliphatic carbocycles. The molecule has 2 aliphatic rings. The lowest BCUT2D eigenvalue weighted by atomic mass is 9.65. The van der Waals surface area contributed by atoms with Gasteiger partial charge in [-0.25, -0.2) is 4.39 Å². The van der Waals surface area contributed by atoms with E-state index < -0.39 is 16.8 Å². The standard InChI is InChI=1S/C26H29FN2O2.ClH/c1-19-17-29(16-15-26(19,24(30)31)21-5-3-2-4-6-21)23-11-13-25(18-28,14-12-23)20-7-9-22(27)10-8-20;/h2-10,19,23H,11-17H2,1H3,(H,30,31);1H/t19-,23?,25?,26+;/m1./s1. The van der Waals surface area contributed by atoms with Crippen molar-refractivity contribution in [3.8, 4) is 6.07 Å². The van der Waals surface area contributed by atoms with Gasteiger partial charge in [-0.1, -0.05) is 49.4 Å². The van der Waals surface area contributed by atoms with Crippen LogP contribution in [0.4, 0.5) is 4.39 Å². The molecule has 0 radical (unpaired) electrons. The largest absolute Gasteiger partial charge is 0.481 e. The van der Waals surface area contributed by atoms with Crippen LogP contribution in [0.5, 0.6) is 0 Å². The maximum Gasteiger partial charge on any atom is 0.314 e. The molecule has 0 spiro atoms. The molecule has 170 valence electrons. The first-order chi connectivity index (χ1) is 14.9. The summed E-state index contributed by atoms with van der Waals surface area (Å²) >= 11 is 0. The molecule has 1 saturated heterocycles. The van der Waals surface area contributed by atoms with Gasteiger partial charge in [0.1, 0.15) is 5.82 Å². The average molecular weight is 457 g/mol. The van der Waals surface area contributed by atoms with Gasteiger partial charge in [-0.15, -0.1) is 12.4 Å². The Morgan fingerprint density at radius 1 is 1.06 bits per heavy atom. The summed E-state index contributed by atoms with van der Waals surface area (Å²) in [6.45, 7) is 3.53. The van der Waals surface area contributed by atoms with Crippen molar-refractivity contribution in [2.45, 2.75) is 55.9 Å². The monoisotopic (exact) mass is 456 g/mol. The van der Waals surface area contributed by atoms with Gasteiger partial charge >= 0.3 is 5.97 Å². The number of likely N-dealkylation sites (tertiary alicyclic amines) is 1. The number of nitriles is 1. The average Bonchev–Trinajstić information content (AvgIpc) is 2.80. The summed E-state index contributed by atoms with van der Waals surface area (Å²) in [6.07, 6.45) is 3.86. The van der Waals surface area contributed by atoms with Crippen molar-refractivity contribution in [2.24, 2.45) is 5.92 Å². The summed E-state index contributed by atoms with van der Waals surface area (Å²) in [7, 11) is 0. The van der Waals surface area contributed by atoms with Crippen LogP contribution in [0.1, 0.15) is 50.2 Å². The number of aliphatic carboxylic acids is 1. The first kappa shape index (κ1) is 24.2. The van der Waals surface area contributed by atoms with E-state index in [4.69, 9.17) is 0 Å². The van der Waals surface area contributed by atoms with Crippen molar-refractivity contribution >= 4 is 18.4 Å². The molecule has 2 aromatic carbocycles. The highest BCUT2D eigenvalue weighted by molar-refractivity contribution is 5.85. The predicted molar refractivity (Wildman–Crippen MR) is 124 cm³/mol. The van der Waals surface area contributed by atoms with Crippen molar-refractivity contribution in [1.82, 2.24) is 4.90 Å². The maximum atomic E-state index is 13.3. The van der Waals surface area contributed by atoms with E-state index in [2.05, 4.69) is 11.0 Å².